The summed E-state index contributed by atoms with van der Waals surface area (Å²) in [7, 11) is 0. The molecule has 4 aromatic rings. The summed E-state index contributed by atoms with van der Waals surface area (Å²) in [6, 6.07) is 15.1. The number of benzene rings is 1. The number of rotatable bonds is 3. The van der Waals surface area contributed by atoms with Crippen molar-refractivity contribution in [3.63, 3.8) is 0 Å². The van der Waals surface area contributed by atoms with E-state index in [2.05, 4.69) is 55.1 Å². The molecule has 6 heterocycles. The lowest BCUT2D eigenvalue weighted by molar-refractivity contribution is 0.197. The fourth-order valence-electron chi connectivity index (χ4n) is 5.47. The first kappa shape index (κ1) is 19.5. The highest BCUT2D eigenvalue weighted by Gasteiger charge is 2.36. The SMILES string of the molecule is O=C1NC[C@H]2CN(c3ncc(-c4ccc5nc6n(c5n4)[C@@H](c4ccccc4)CC6)cn3)CCN12. The molecule has 7 rings (SSSR count). The molecule has 0 aliphatic carbocycles. The molecule has 2 fully saturated rings. The maximum absolute atomic E-state index is 11.9. The maximum atomic E-state index is 11.9. The van der Waals surface area contributed by atoms with Crippen LogP contribution in [0.15, 0.2) is 54.9 Å². The number of carbonyl (C=O) groups is 1. The van der Waals surface area contributed by atoms with Crippen molar-refractivity contribution in [1.29, 1.82) is 0 Å². The Morgan fingerprint density at radius 3 is 2.68 bits per heavy atom. The number of fused-ring (bicyclic) bond motifs is 4. The van der Waals surface area contributed by atoms with E-state index >= 15 is 0 Å². The number of anilines is 1. The summed E-state index contributed by atoms with van der Waals surface area (Å²) in [5.41, 5.74) is 4.86. The summed E-state index contributed by atoms with van der Waals surface area (Å²) in [6.07, 6.45) is 5.69. The number of amides is 2. The molecule has 2 amide bonds. The van der Waals surface area contributed by atoms with E-state index < -0.39 is 0 Å². The summed E-state index contributed by atoms with van der Waals surface area (Å²) >= 11 is 0. The van der Waals surface area contributed by atoms with Crippen LogP contribution in [0.25, 0.3) is 22.4 Å². The van der Waals surface area contributed by atoms with Crippen LogP contribution in [0.4, 0.5) is 10.7 Å². The predicted molar refractivity (Wildman–Crippen MR) is 128 cm³/mol. The summed E-state index contributed by atoms with van der Waals surface area (Å²) in [6.45, 7) is 2.84. The van der Waals surface area contributed by atoms with Crippen LogP contribution >= 0.6 is 0 Å². The fraction of sp³-hybridized carbons (Fsp3) is 0.320. The molecular formula is C25H24N8O. The topological polar surface area (TPSA) is 92.1 Å². The van der Waals surface area contributed by atoms with Crippen molar-refractivity contribution < 1.29 is 4.79 Å². The molecule has 34 heavy (non-hydrogen) atoms. The molecule has 3 aromatic heterocycles. The largest absolute Gasteiger partial charge is 0.337 e. The lowest BCUT2D eigenvalue weighted by Gasteiger charge is -2.36. The molecule has 9 nitrogen and oxygen atoms in total. The average molecular weight is 453 g/mol. The third-order valence-corrected chi connectivity index (χ3v) is 7.20. The Bertz CT molecular complexity index is 1380. The zero-order valence-electron chi connectivity index (χ0n) is 18.6. The summed E-state index contributed by atoms with van der Waals surface area (Å²) < 4.78 is 2.29. The van der Waals surface area contributed by atoms with Crippen molar-refractivity contribution in [2.24, 2.45) is 0 Å². The lowest BCUT2D eigenvalue weighted by Crippen LogP contribution is -2.52. The van der Waals surface area contributed by atoms with E-state index in [4.69, 9.17) is 9.97 Å². The van der Waals surface area contributed by atoms with Crippen molar-refractivity contribution in [2.75, 3.05) is 31.1 Å². The molecule has 2 saturated heterocycles. The first-order valence-electron chi connectivity index (χ1n) is 11.8. The van der Waals surface area contributed by atoms with Gasteiger partial charge in [-0.25, -0.2) is 24.7 Å². The van der Waals surface area contributed by atoms with Crippen LogP contribution in [0.2, 0.25) is 0 Å². The van der Waals surface area contributed by atoms with Crippen molar-refractivity contribution in [2.45, 2.75) is 24.9 Å². The number of nitrogens with one attached hydrogen (secondary N) is 1. The molecule has 3 aliphatic heterocycles. The number of nitrogens with zero attached hydrogens (tertiary/aromatic N) is 7. The standard InChI is InChI=1S/C25H24N8O/c34-25-28-14-18-15-31(10-11-32(18)25)24-26-12-17(13-27-24)19-6-7-20-23(30-19)33-21(8-9-22(33)29-20)16-4-2-1-3-5-16/h1-7,12-13,18,21H,8-11,14-15H2,(H,28,34)/t18-,21+/m0/s1. The molecule has 170 valence electrons. The molecule has 1 aromatic carbocycles. The van der Waals surface area contributed by atoms with Gasteiger partial charge in [0, 0.05) is 50.6 Å². The molecule has 3 aliphatic rings. The number of aryl methyl sites for hydroxylation is 1. The van der Waals surface area contributed by atoms with Gasteiger partial charge in [0.15, 0.2) is 5.65 Å². The van der Waals surface area contributed by atoms with E-state index in [0.29, 0.717) is 19.0 Å². The first-order valence-corrected chi connectivity index (χ1v) is 11.8. The molecule has 0 spiro atoms. The Balaban J connectivity index is 1.18. The molecule has 0 unspecified atom stereocenters. The van der Waals surface area contributed by atoms with E-state index in [1.165, 1.54) is 5.56 Å². The van der Waals surface area contributed by atoms with Gasteiger partial charge >= 0.3 is 6.03 Å². The Labute approximate surface area is 196 Å². The molecule has 9 heteroatoms. The second kappa shape index (κ2) is 7.51. The normalized spacial score (nSPS) is 21.6. The highest BCUT2D eigenvalue weighted by atomic mass is 16.2. The van der Waals surface area contributed by atoms with E-state index in [0.717, 1.165) is 54.2 Å². The van der Waals surface area contributed by atoms with E-state index in [-0.39, 0.29) is 18.1 Å². The van der Waals surface area contributed by atoms with Gasteiger partial charge in [-0.1, -0.05) is 30.3 Å². The highest BCUT2D eigenvalue weighted by molar-refractivity contribution is 5.78. The van der Waals surface area contributed by atoms with Crippen molar-refractivity contribution >= 4 is 23.1 Å². The fourth-order valence-corrected chi connectivity index (χ4v) is 5.47. The number of hydrogen-bond donors (Lipinski definition) is 1. The Hall–Kier alpha value is -4.01. The zero-order chi connectivity index (χ0) is 22.6. The van der Waals surface area contributed by atoms with Crippen LogP contribution in [-0.4, -0.2) is 67.7 Å². The van der Waals surface area contributed by atoms with Crippen LogP contribution in [0, 0.1) is 0 Å². The van der Waals surface area contributed by atoms with Gasteiger partial charge in [-0.3, -0.25) is 0 Å². The summed E-state index contributed by atoms with van der Waals surface area (Å²) in [5.74, 6) is 1.79. The summed E-state index contributed by atoms with van der Waals surface area (Å²) in [5, 5.41) is 2.91. The van der Waals surface area contributed by atoms with Gasteiger partial charge in [0.05, 0.1) is 17.8 Å². The zero-order valence-corrected chi connectivity index (χ0v) is 18.6. The minimum atomic E-state index is 0.0308. The minimum Gasteiger partial charge on any atom is -0.337 e. The van der Waals surface area contributed by atoms with Crippen molar-refractivity contribution in [3.8, 4) is 11.3 Å². The molecule has 0 radical (unpaired) electrons. The Morgan fingerprint density at radius 1 is 0.971 bits per heavy atom. The highest BCUT2D eigenvalue weighted by Crippen LogP contribution is 2.35. The van der Waals surface area contributed by atoms with Gasteiger partial charge < -0.3 is 19.7 Å². The number of urea groups is 1. The third-order valence-electron chi connectivity index (χ3n) is 7.20. The molecule has 0 bridgehead atoms. The number of hydrogen-bond acceptors (Lipinski definition) is 6. The smallest absolute Gasteiger partial charge is 0.317 e. The molecule has 2 atom stereocenters. The minimum absolute atomic E-state index is 0.0308. The van der Waals surface area contributed by atoms with E-state index in [1.807, 2.05) is 29.4 Å². The number of imidazole rings is 1. The molecular weight excluding hydrogens is 428 g/mol. The van der Waals surface area contributed by atoms with Crippen molar-refractivity contribution in [1.82, 2.24) is 34.7 Å². The van der Waals surface area contributed by atoms with Crippen LogP contribution < -0.4 is 10.2 Å². The quantitative estimate of drug-likeness (QED) is 0.514. The number of aromatic nitrogens is 5. The first-order chi connectivity index (χ1) is 16.7. The monoisotopic (exact) mass is 452 g/mol. The van der Waals surface area contributed by atoms with Crippen molar-refractivity contribution in [3.05, 3.63) is 66.2 Å². The Kier molecular flexibility index (Phi) is 4.30. The van der Waals surface area contributed by atoms with Crippen LogP contribution in [-0.2, 0) is 6.42 Å². The summed E-state index contributed by atoms with van der Waals surface area (Å²) in [4.78, 5) is 35.0. The molecule has 0 saturated carbocycles. The van der Waals surface area contributed by atoms with Gasteiger partial charge in [-0.15, -0.1) is 0 Å². The third kappa shape index (κ3) is 3.03. The predicted octanol–water partition coefficient (Wildman–Crippen LogP) is 2.64. The van der Waals surface area contributed by atoms with Gasteiger partial charge in [0.2, 0.25) is 5.95 Å². The van der Waals surface area contributed by atoms with Crippen LogP contribution in [0.1, 0.15) is 23.9 Å². The van der Waals surface area contributed by atoms with Crippen LogP contribution in [0.3, 0.4) is 0 Å². The number of pyridine rings is 1. The maximum Gasteiger partial charge on any atom is 0.317 e. The second-order valence-corrected chi connectivity index (χ2v) is 9.15. The van der Waals surface area contributed by atoms with E-state index in [9.17, 15) is 4.79 Å². The molecule has 1 N–H and O–H groups in total. The number of piperazine rings is 1. The van der Waals surface area contributed by atoms with E-state index in [1.54, 1.807) is 0 Å². The Morgan fingerprint density at radius 2 is 1.82 bits per heavy atom. The van der Waals surface area contributed by atoms with Gasteiger partial charge in [0.1, 0.15) is 11.3 Å². The number of carbonyl (C=O) groups excluding carboxylic acids is 1. The lowest BCUT2D eigenvalue weighted by atomic mass is 10.0. The van der Waals surface area contributed by atoms with Gasteiger partial charge in [-0.2, -0.15) is 0 Å². The second-order valence-electron chi connectivity index (χ2n) is 9.15. The van der Waals surface area contributed by atoms with Crippen LogP contribution in [0.5, 0.6) is 0 Å². The average Bonchev–Trinajstić information content (AvgIpc) is 3.58. The van der Waals surface area contributed by atoms with Gasteiger partial charge in [0.25, 0.3) is 0 Å². The van der Waals surface area contributed by atoms with Gasteiger partial charge in [-0.05, 0) is 24.1 Å².